The minimum absolute atomic E-state index is 0.167. The molecule has 2 aromatic rings. The van der Waals surface area contributed by atoms with E-state index in [0.29, 0.717) is 11.1 Å². The van der Waals surface area contributed by atoms with Crippen LogP contribution >= 0.6 is 0 Å². The fraction of sp³-hybridized carbons (Fsp3) is 0.250. The Kier molecular flexibility index (Phi) is 1.58. The van der Waals surface area contributed by atoms with Crippen molar-refractivity contribution in [2.45, 2.75) is 6.92 Å². The smallest absolute Gasteiger partial charge is 0.531 e. The minimum atomic E-state index is -0.337. The molecule has 13 heavy (non-hydrogen) atoms. The molecule has 5 heteroatoms. The molecule has 0 spiro atoms. The first kappa shape index (κ1) is 7.85. The molecule has 0 aliphatic heterocycles. The van der Waals surface area contributed by atoms with E-state index in [1.54, 1.807) is 6.92 Å². The normalized spacial score (nSPS) is 12.6. The predicted octanol–water partition coefficient (Wildman–Crippen LogP) is 0.329. The van der Waals surface area contributed by atoms with Crippen molar-refractivity contribution in [1.29, 1.82) is 0 Å². The second-order valence-electron chi connectivity index (χ2n) is 2.56. The van der Waals surface area contributed by atoms with Crippen molar-refractivity contribution in [2.75, 3.05) is 7.11 Å². The van der Waals surface area contributed by atoms with Crippen LogP contribution in [0.2, 0.25) is 0 Å². The van der Waals surface area contributed by atoms with Crippen LogP contribution in [0.5, 0.6) is 5.75 Å². The number of aryl methyl sites for hydroxylation is 1. The highest BCUT2D eigenvalue weighted by Gasteiger charge is 2.15. The van der Waals surface area contributed by atoms with Crippen LogP contribution < -0.4 is 10.7 Å². The lowest BCUT2D eigenvalue weighted by molar-refractivity contribution is -0.268. The Balaban J connectivity index is 3.06. The molecule has 68 valence electrons. The summed E-state index contributed by atoms with van der Waals surface area (Å²) in [5, 5.41) is 15.3. The zero-order valence-corrected chi connectivity index (χ0v) is 7.16. The van der Waals surface area contributed by atoms with Gasteiger partial charge in [-0.25, -0.2) is 0 Å². The van der Waals surface area contributed by atoms with Crippen molar-refractivity contribution in [3.05, 3.63) is 22.0 Å². The van der Waals surface area contributed by atoms with Crippen LogP contribution in [0, 0.1) is 6.92 Å². The lowest BCUT2D eigenvalue weighted by atomic mass is 10.3. The van der Waals surface area contributed by atoms with E-state index in [-0.39, 0.29) is 17.0 Å². The van der Waals surface area contributed by atoms with Crippen LogP contribution in [0.25, 0.3) is 11.0 Å². The molecule has 0 fully saturated rings. The van der Waals surface area contributed by atoms with Crippen LogP contribution in [-0.2, 0) is 0 Å². The van der Waals surface area contributed by atoms with E-state index < -0.39 is 0 Å². The molecule has 0 radical (unpaired) electrons. The number of rotatable bonds is 0. The standard InChI is InChI=1S/C8H7NO4/c1-4-6-7(13-9-4)5(10)3-12-8(6)11-2/h3H,1-2H3. The number of hydrogen-bond donors (Lipinski definition) is 0. The summed E-state index contributed by atoms with van der Waals surface area (Å²) in [5.74, 6) is -0.337. The van der Waals surface area contributed by atoms with Gasteiger partial charge in [-0.2, -0.15) is 0 Å². The number of fused-ring (bicyclic) bond motifs is 1. The first-order valence-corrected chi connectivity index (χ1v) is 3.66. The topological polar surface area (TPSA) is 73.5 Å². The molecule has 5 nitrogen and oxygen atoms in total. The van der Waals surface area contributed by atoms with E-state index in [4.69, 9.17) is 13.4 Å². The summed E-state index contributed by atoms with van der Waals surface area (Å²) in [4.78, 5) is 0. The SMILES string of the molecule is C[O+]=c1occ([O-])c2onc(C)c12. The molecule has 0 atom stereocenters. The van der Waals surface area contributed by atoms with Gasteiger partial charge in [-0.1, -0.05) is 5.16 Å². The first-order chi connectivity index (χ1) is 6.24. The minimum Gasteiger partial charge on any atom is -0.866 e. The van der Waals surface area contributed by atoms with Gasteiger partial charge in [-0.3, -0.25) is 4.42 Å². The molecule has 0 saturated carbocycles. The van der Waals surface area contributed by atoms with Gasteiger partial charge in [0.25, 0.3) is 0 Å². The number of aromatic nitrogens is 1. The molecule has 0 aromatic carbocycles. The summed E-state index contributed by atoms with van der Waals surface area (Å²) in [6.07, 6.45) is 1.03. The van der Waals surface area contributed by atoms with Crippen LogP contribution in [0.1, 0.15) is 5.69 Å². The Morgan fingerprint density at radius 3 is 3.00 bits per heavy atom. The van der Waals surface area contributed by atoms with Crippen LogP contribution in [-0.4, -0.2) is 12.3 Å². The molecule has 0 bridgehead atoms. The van der Waals surface area contributed by atoms with Crippen molar-refractivity contribution in [3.63, 3.8) is 0 Å². The fourth-order valence-electron chi connectivity index (χ4n) is 1.15. The summed E-state index contributed by atoms with van der Waals surface area (Å²) >= 11 is 0. The van der Waals surface area contributed by atoms with E-state index in [1.807, 2.05) is 0 Å². The van der Waals surface area contributed by atoms with Gasteiger partial charge >= 0.3 is 5.63 Å². The molecule has 0 aliphatic rings. The summed E-state index contributed by atoms with van der Waals surface area (Å²) in [6.45, 7) is 1.71. The number of nitrogens with zero attached hydrogens (tertiary/aromatic N) is 1. The highest BCUT2D eigenvalue weighted by atomic mass is 16.5. The Bertz CT molecular complexity index is 508. The molecule has 0 unspecified atom stereocenters. The Hall–Kier alpha value is -1.78. The molecule has 2 aromatic heterocycles. The highest BCUT2D eigenvalue weighted by molar-refractivity contribution is 5.82. The molecule has 2 rings (SSSR count). The van der Waals surface area contributed by atoms with E-state index in [2.05, 4.69) is 5.16 Å². The maximum Gasteiger partial charge on any atom is 0.531 e. The Morgan fingerprint density at radius 2 is 2.31 bits per heavy atom. The van der Waals surface area contributed by atoms with Gasteiger partial charge in [0.05, 0.1) is 0 Å². The maximum atomic E-state index is 11.2. The van der Waals surface area contributed by atoms with Crippen LogP contribution in [0.3, 0.4) is 0 Å². The van der Waals surface area contributed by atoms with E-state index in [1.165, 1.54) is 7.11 Å². The second-order valence-corrected chi connectivity index (χ2v) is 2.56. The third-order valence-electron chi connectivity index (χ3n) is 1.75. The van der Waals surface area contributed by atoms with Crippen molar-refractivity contribution in [1.82, 2.24) is 5.16 Å². The third kappa shape index (κ3) is 1.00. The average Bonchev–Trinajstić information content (AvgIpc) is 2.51. The van der Waals surface area contributed by atoms with Crippen molar-refractivity contribution in [2.24, 2.45) is 0 Å². The average molecular weight is 181 g/mol. The van der Waals surface area contributed by atoms with Crippen molar-refractivity contribution >= 4 is 11.0 Å². The lowest BCUT2D eigenvalue weighted by Crippen LogP contribution is -2.03. The summed E-state index contributed by atoms with van der Waals surface area (Å²) in [6, 6.07) is 0. The van der Waals surface area contributed by atoms with Gasteiger partial charge in [0.2, 0.25) is 6.26 Å². The zero-order valence-electron chi connectivity index (χ0n) is 7.16. The second kappa shape index (κ2) is 2.62. The summed E-state index contributed by atoms with van der Waals surface area (Å²) in [7, 11) is 1.45. The van der Waals surface area contributed by atoms with Crippen molar-refractivity contribution in [3.8, 4) is 5.75 Å². The zero-order chi connectivity index (χ0) is 9.42. The van der Waals surface area contributed by atoms with Crippen LogP contribution in [0.15, 0.2) is 19.6 Å². The predicted molar refractivity (Wildman–Crippen MR) is 42.7 cm³/mol. The summed E-state index contributed by atoms with van der Waals surface area (Å²) < 4.78 is 14.7. The first-order valence-electron chi connectivity index (χ1n) is 3.66. The van der Waals surface area contributed by atoms with Gasteiger partial charge in [-0.05, 0) is 6.92 Å². The van der Waals surface area contributed by atoms with Crippen LogP contribution in [0.4, 0.5) is 0 Å². The number of hydrogen-bond acceptors (Lipinski definition) is 4. The molecule has 0 aliphatic carbocycles. The molecule has 0 N–H and O–H groups in total. The molecule has 0 saturated heterocycles. The largest absolute Gasteiger partial charge is 0.866 e. The lowest BCUT2D eigenvalue weighted by Gasteiger charge is -1.96. The molecular weight excluding hydrogens is 174 g/mol. The van der Waals surface area contributed by atoms with Gasteiger partial charge in [0.15, 0.2) is 18.1 Å². The molecule has 2 heterocycles. The molecular formula is C8H7NO4. The van der Waals surface area contributed by atoms with E-state index >= 15 is 0 Å². The molecule has 0 amide bonds. The van der Waals surface area contributed by atoms with Gasteiger partial charge < -0.3 is 14.1 Å². The van der Waals surface area contributed by atoms with Gasteiger partial charge in [0, 0.05) is 5.75 Å². The summed E-state index contributed by atoms with van der Waals surface area (Å²) in [5.41, 5.74) is 0.988. The quantitative estimate of drug-likeness (QED) is 0.549. The highest BCUT2D eigenvalue weighted by Crippen LogP contribution is 2.20. The van der Waals surface area contributed by atoms with Gasteiger partial charge in [0.1, 0.15) is 5.69 Å². The Labute approximate surface area is 72.9 Å². The third-order valence-corrected chi connectivity index (χ3v) is 1.75. The van der Waals surface area contributed by atoms with E-state index in [0.717, 1.165) is 6.26 Å². The Morgan fingerprint density at radius 1 is 1.54 bits per heavy atom. The monoisotopic (exact) mass is 181 g/mol. The van der Waals surface area contributed by atoms with E-state index in [9.17, 15) is 5.11 Å². The maximum absolute atomic E-state index is 11.2. The van der Waals surface area contributed by atoms with Crippen molar-refractivity contribution < 1.29 is 14.0 Å². The fourth-order valence-corrected chi connectivity index (χ4v) is 1.15. The van der Waals surface area contributed by atoms with Gasteiger partial charge in [-0.15, -0.1) is 0 Å².